The predicted octanol–water partition coefficient (Wildman–Crippen LogP) is 2.98. The molecule has 5 nitrogen and oxygen atoms in total. The van der Waals surface area contributed by atoms with Crippen LogP contribution in [0.1, 0.15) is 35.1 Å². The zero-order valence-electron chi connectivity index (χ0n) is 14.3. The van der Waals surface area contributed by atoms with Crippen molar-refractivity contribution in [2.24, 2.45) is 5.92 Å². The van der Waals surface area contributed by atoms with Gasteiger partial charge in [-0.1, -0.05) is 6.92 Å². The molecule has 2 N–H and O–H groups in total. The number of nitrogens with one attached hydrogen (secondary N) is 2. The normalized spacial score (nSPS) is 20.8. The number of aromatic nitrogens is 2. The fraction of sp³-hybridized carbons (Fsp3) is 0.444. The van der Waals surface area contributed by atoms with E-state index in [0.717, 1.165) is 41.1 Å². The standard InChI is InChI=1S/C18H23BrN4O/c1-11-8-9-20-10-16(11)21-18(24)14-4-6-15(7-5-14)23-13(3)17(19)12(2)22-23/h4-7,11,16,20H,8-10H2,1-3H3,(H,21,24). The molecule has 0 radical (unpaired) electrons. The van der Waals surface area contributed by atoms with E-state index in [1.54, 1.807) is 0 Å². The maximum absolute atomic E-state index is 12.5. The van der Waals surface area contributed by atoms with Gasteiger partial charge in [0.15, 0.2) is 0 Å². The monoisotopic (exact) mass is 390 g/mol. The van der Waals surface area contributed by atoms with Crippen molar-refractivity contribution in [3.05, 3.63) is 45.7 Å². The van der Waals surface area contributed by atoms with Crippen LogP contribution in [-0.4, -0.2) is 34.8 Å². The molecule has 2 atom stereocenters. The Hall–Kier alpha value is -1.66. The highest BCUT2D eigenvalue weighted by molar-refractivity contribution is 9.10. The van der Waals surface area contributed by atoms with Crippen molar-refractivity contribution >= 4 is 21.8 Å². The number of amides is 1. The van der Waals surface area contributed by atoms with Crippen LogP contribution in [-0.2, 0) is 0 Å². The average molecular weight is 391 g/mol. The van der Waals surface area contributed by atoms with Crippen LogP contribution < -0.4 is 10.6 Å². The molecule has 6 heteroatoms. The van der Waals surface area contributed by atoms with E-state index in [4.69, 9.17) is 0 Å². The smallest absolute Gasteiger partial charge is 0.251 e. The van der Waals surface area contributed by atoms with Crippen LogP contribution in [0.3, 0.4) is 0 Å². The van der Waals surface area contributed by atoms with Crippen molar-refractivity contribution in [3.8, 4) is 5.69 Å². The SMILES string of the molecule is Cc1nn(-c2ccc(C(=O)NC3CNCCC3C)cc2)c(C)c1Br. The van der Waals surface area contributed by atoms with Gasteiger partial charge in [-0.3, -0.25) is 4.79 Å². The van der Waals surface area contributed by atoms with E-state index < -0.39 is 0 Å². The van der Waals surface area contributed by atoms with Gasteiger partial charge in [0, 0.05) is 18.2 Å². The quantitative estimate of drug-likeness (QED) is 0.846. The van der Waals surface area contributed by atoms with Crippen molar-refractivity contribution in [1.29, 1.82) is 0 Å². The van der Waals surface area contributed by atoms with Gasteiger partial charge in [-0.05, 0) is 72.9 Å². The molecule has 2 heterocycles. The summed E-state index contributed by atoms with van der Waals surface area (Å²) in [6.07, 6.45) is 1.09. The second-order valence-electron chi connectivity index (χ2n) is 6.49. The first-order valence-electron chi connectivity index (χ1n) is 8.31. The number of halogens is 1. The van der Waals surface area contributed by atoms with Gasteiger partial charge < -0.3 is 10.6 Å². The van der Waals surface area contributed by atoms with Crippen LogP contribution in [0.2, 0.25) is 0 Å². The van der Waals surface area contributed by atoms with Gasteiger partial charge in [0.2, 0.25) is 0 Å². The summed E-state index contributed by atoms with van der Waals surface area (Å²) in [5, 5.41) is 11.0. The fourth-order valence-corrected chi connectivity index (χ4v) is 3.31. The number of rotatable bonds is 3. The van der Waals surface area contributed by atoms with Crippen LogP contribution in [0.5, 0.6) is 0 Å². The van der Waals surface area contributed by atoms with Crippen LogP contribution in [0.15, 0.2) is 28.7 Å². The zero-order chi connectivity index (χ0) is 17.3. The number of benzene rings is 1. The van der Waals surface area contributed by atoms with Gasteiger partial charge in [0.1, 0.15) is 0 Å². The molecular weight excluding hydrogens is 368 g/mol. The highest BCUT2D eigenvalue weighted by atomic mass is 79.9. The summed E-state index contributed by atoms with van der Waals surface area (Å²) in [5.41, 5.74) is 3.63. The summed E-state index contributed by atoms with van der Waals surface area (Å²) in [6.45, 7) is 8.04. The molecule has 2 unspecified atom stereocenters. The molecule has 2 aromatic rings. The van der Waals surface area contributed by atoms with E-state index in [1.807, 2.05) is 42.8 Å². The van der Waals surface area contributed by atoms with Gasteiger partial charge in [-0.15, -0.1) is 0 Å². The summed E-state index contributed by atoms with van der Waals surface area (Å²) in [7, 11) is 0. The molecule has 1 amide bonds. The second-order valence-corrected chi connectivity index (χ2v) is 7.29. The average Bonchev–Trinajstić information content (AvgIpc) is 2.84. The third-order valence-electron chi connectivity index (χ3n) is 4.72. The number of nitrogens with zero attached hydrogens (tertiary/aromatic N) is 2. The van der Waals surface area contributed by atoms with E-state index in [2.05, 4.69) is 38.6 Å². The molecule has 1 fully saturated rings. The van der Waals surface area contributed by atoms with Crippen LogP contribution in [0, 0.1) is 19.8 Å². The third kappa shape index (κ3) is 3.39. The maximum atomic E-state index is 12.5. The molecule has 1 saturated heterocycles. The molecular formula is C18H23BrN4O. The van der Waals surface area contributed by atoms with Gasteiger partial charge in [-0.2, -0.15) is 5.10 Å². The van der Waals surface area contributed by atoms with Crippen molar-refractivity contribution in [2.75, 3.05) is 13.1 Å². The number of hydrogen-bond donors (Lipinski definition) is 2. The molecule has 1 aliphatic heterocycles. The molecule has 0 spiro atoms. The Morgan fingerprint density at radius 1 is 1.33 bits per heavy atom. The fourth-order valence-electron chi connectivity index (χ4n) is 3.06. The lowest BCUT2D eigenvalue weighted by molar-refractivity contribution is 0.0915. The number of carbonyl (C=O) groups excluding carboxylic acids is 1. The van der Waals surface area contributed by atoms with Crippen LogP contribution >= 0.6 is 15.9 Å². The van der Waals surface area contributed by atoms with Gasteiger partial charge in [-0.25, -0.2) is 4.68 Å². The Morgan fingerprint density at radius 2 is 2.04 bits per heavy atom. The minimum absolute atomic E-state index is 0.0170. The minimum Gasteiger partial charge on any atom is -0.348 e. The highest BCUT2D eigenvalue weighted by Crippen LogP contribution is 2.23. The molecule has 1 aromatic heterocycles. The lowest BCUT2D eigenvalue weighted by Crippen LogP contribution is -2.50. The molecule has 1 aliphatic rings. The summed E-state index contributed by atoms with van der Waals surface area (Å²) < 4.78 is 2.90. The van der Waals surface area contributed by atoms with Crippen molar-refractivity contribution in [2.45, 2.75) is 33.2 Å². The molecule has 3 rings (SSSR count). The maximum Gasteiger partial charge on any atom is 0.251 e. The van der Waals surface area contributed by atoms with Gasteiger partial charge in [0.25, 0.3) is 5.91 Å². The number of piperidine rings is 1. The summed E-state index contributed by atoms with van der Waals surface area (Å²) in [6, 6.07) is 7.77. The summed E-state index contributed by atoms with van der Waals surface area (Å²) >= 11 is 3.54. The molecule has 128 valence electrons. The molecule has 1 aromatic carbocycles. The number of carbonyl (C=O) groups is 1. The topological polar surface area (TPSA) is 59.0 Å². The molecule has 24 heavy (non-hydrogen) atoms. The van der Waals surface area contributed by atoms with E-state index >= 15 is 0 Å². The molecule has 0 saturated carbocycles. The summed E-state index contributed by atoms with van der Waals surface area (Å²) in [5.74, 6) is 0.484. The first kappa shape index (κ1) is 17.2. The van der Waals surface area contributed by atoms with Crippen LogP contribution in [0.25, 0.3) is 5.69 Å². The lowest BCUT2D eigenvalue weighted by Gasteiger charge is -2.30. The van der Waals surface area contributed by atoms with E-state index in [1.165, 1.54) is 0 Å². The van der Waals surface area contributed by atoms with Crippen molar-refractivity contribution in [1.82, 2.24) is 20.4 Å². The zero-order valence-corrected chi connectivity index (χ0v) is 15.9. The largest absolute Gasteiger partial charge is 0.348 e. The van der Waals surface area contributed by atoms with Crippen molar-refractivity contribution in [3.63, 3.8) is 0 Å². The van der Waals surface area contributed by atoms with Crippen LogP contribution in [0.4, 0.5) is 0 Å². The first-order valence-corrected chi connectivity index (χ1v) is 9.10. The minimum atomic E-state index is -0.0170. The Kier molecular flexibility index (Phi) is 5.06. The molecule has 0 bridgehead atoms. The van der Waals surface area contributed by atoms with Crippen molar-refractivity contribution < 1.29 is 4.79 Å². The van der Waals surface area contributed by atoms with E-state index in [9.17, 15) is 4.79 Å². The Morgan fingerprint density at radius 3 is 2.62 bits per heavy atom. The Bertz CT molecular complexity index is 738. The third-order valence-corrected chi connectivity index (χ3v) is 5.87. The number of aryl methyl sites for hydroxylation is 1. The van der Waals surface area contributed by atoms with Gasteiger partial charge in [0.05, 0.1) is 21.5 Å². The second kappa shape index (κ2) is 7.07. The Balaban J connectivity index is 1.74. The van der Waals surface area contributed by atoms with E-state index in [-0.39, 0.29) is 11.9 Å². The molecule has 0 aliphatic carbocycles. The lowest BCUT2D eigenvalue weighted by atomic mass is 9.94. The van der Waals surface area contributed by atoms with E-state index in [0.29, 0.717) is 11.5 Å². The first-order chi connectivity index (χ1) is 11.5. The number of hydrogen-bond acceptors (Lipinski definition) is 3. The summed E-state index contributed by atoms with van der Waals surface area (Å²) in [4.78, 5) is 12.5. The van der Waals surface area contributed by atoms with Gasteiger partial charge >= 0.3 is 0 Å². The predicted molar refractivity (Wildman–Crippen MR) is 98.6 cm³/mol. The highest BCUT2D eigenvalue weighted by Gasteiger charge is 2.23. The Labute approximate surface area is 151 Å².